The van der Waals surface area contributed by atoms with Gasteiger partial charge in [0.05, 0.1) is 26.8 Å². The van der Waals surface area contributed by atoms with Gasteiger partial charge in [0.25, 0.3) is 11.5 Å². The van der Waals surface area contributed by atoms with E-state index in [0.717, 1.165) is 28.0 Å². The number of halogens is 1. The SMILES string of the molecule is Cc1cc(C)c2nc(N3C(=O)C(=O)C(=C(O)c4ccc(F)cc4)C3c3ccc([N+](=O)[O-])cc3)sc2c1. The Hall–Kier alpha value is -4.44. The maximum absolute atomic E-state index is 13.5. The topological polar surface area (TPSA) is 114 Å². The molecule has 0 aliphatic carbocycles. The molecule has 36 heavy (non-hydrogen) atoms. The highest BCUT2D eigenvalue weighted by Gasteiger charge is 2.48. The van der Waals surface area contributed by atoms with Crippen molar-refractivity contribution in [2.75, 3.05) is 4.90 Å². The number of nitro groups is 1. The van der Waals surface area contributed by atoms with E-state index in [1.165, 1.54) is 52.6 Å². The van der Waals surface area contributed by atoms with E-state index >= 15 is 0 Å². The zero-order chi connectivity index (χ0) is 25.7. The van der Waals surface area contributed by atoms with Crippen LogP contribution in [0.25, 0.3) is 16.0 Å². The van der Waals surface area contributed by atoms with Gasteiger partial charge in [0, 0.05) is 17.7 Å². The average molecular weight is 504 g/mol. The third-order valence-electron chi connectivity index (χ3n) is 6.01. The number of non-ortho nitro benzene ring substituents is 1. The maximum atomic E-state index is 13.5. The van der Waals surface area contributed by atoms with Crippen LogP contribution in [0.2, 0.25) is 0 Å². The van der Waals surface area contributed by atoms with Gasteiger partial charge in [0.2, 0.25) is 0 Å². The molecule has 1 unspecified atom stereocenters. The van der Waals surface area contributed by atoms with E-state index in [-0.39, 0.29) is 22.0 Å². The molecule has 4 aromatic rings. The minimum Gasteiger partial charge on any atom is -0.507 e. The Balaban J connectivity index is 1.73. The van der Waals surface area contributed by atoms with E-state index in [9.17, 15) is 29.2 Å². The van der Waals surface area contributed by atoms with Crippen LogP contribution in [-0.2, 0) is 9.59 Å². The van der Waals surface area contributed by atoms with Crippen molar-refractivity contribution in [3.8, 4) is 0 Å². The van der Waals surface area contributed by atoms with Crippen molar-refractivity contribution >= 4 is 49.8 Å². The molecule has 8 nitrogen and oxygen atoms in total. The number of benzene rings is 3. The molecule has 0 saturated carbocycles. The Bertz CT molecular complexity index is 1590. The third-order valence-corrected chi connectivity index (χ3v) is 7.01. The lowest BCUT2D eigenvalue weighted by atomic mass is 9.95. The normalized spacial score (nSPS) is 17.2. The second kappa shape index (κ2) is 8.65. The Morgan fingerprint density at radius 2 is 1.75 bits per heavy atom. The summed E-state index contributed by atoms with van der Waals surface area (Å²) in [4.78, 5) is 43.0. The molecule has 5 rings (SSSR count). The predicted octanol–water partition coefficient (Wildman–Crippen LogP) is 5.59. The van der Waals surface area contributed by atoms with Crippen molar-refractivity contribution in [2.24, 2.45) is 0 Å². The average Bonchev–Trinajstić information content (AvgIpc) is 3.38. The number of carbonyl (C=O) groups excluding carboxylic acids is 2. The lowest BCUT2D eigenvalue weighted by molar-refractivity contribution is -0.384. The number of Topliss-reactive ketones (excluding diaryl/α,β-unsaturated/α-hetero) is 1. The van der Waals surface area contributed by atoms with Gasteiger partial charge in [0.1, 0.15) is 11.6 Å². The second-order valence-electron chi connectivity index (χ2n) is 8.45. The van der Waals surface area contributed by atoms with Gasteiger partial charge in [-0.3, -0.25) is 24.6 Å². The number of fused-ring (bicyclic) bond motifs is 1. The highest BCUT2D eigenvalue weighted by molar-refractivity contribution is 7.22. The zero-order valence-electron chi connectivity index (χ0n) is 19.1. The zero-order valence-corrected chi connectivity index (χ0v) is 19.9. The number of nitro benzene ring substituents is 1. The van der Waals surface area contributed by atoms with Crippen LogP contribution in [0.5, 0.6) is 0 Å². The van der Waals surface area contributed by atoms with Crippen LogP contribution in [-0.4, -0.2) is 26.7 Å². The van der Waals surface area contributed by atoms with E-state index in [0.29, 0.717) is 11.1 Å². The number of aryl methyl sites for hydroxylation is 2. The summed E-state index contributed by atoms with van der Waals surface area (Å²) >= 11 is 1.23. The first-order chi connectivity index (χ1) is 17.2. The Morgan fingerprint density at radius 1 is 1.08 bits per heavy atom. The molecule has 10 heteroatoms. The molecular formula is C26H18FN3O5S. The minimum absolute atomic E-state index is 0.150. The van der Waals surface area contributed by atoms with Crippen molar-refractivity contribution in [1.82, 2.24) is 4.98 Å². The van der Waals surface area contributed by atoms with Crippen molar-refractivity contribution in [3.05, 3.63) is 104 Å². The van der Waals surface area contributed by atoms with Gasteiger partial charge in [0.15, 0.2) is 5.13 Å². The standard InChI is InChI=1S/C26H18FN3O5S/c1-13-11-14(2)21-19(12-13)36-26(28-21)29-22(15-5-9-18(10-6-15)30(34)35)20(24(32)25(29)33)23(31)16-3-7-17(27)8-4-16/h3-12,22,31H,1-2H3. The summed E-state index contributed by atoms with van der Waals surface area (Å²) in [6.07, 6.45) is 0. The molecule has 0 radical (unpaired) electrons. The van der Waals surface area contributed by atoms with E-state index in [1.807, 2.05) is 26.0 Å². The first-order valence-electron chi connectivity index (χ1n) is 10.8. The summed E-state index contributed by atoms with van der Waals surface area (Å²) in [5.41, 5.74) is 2.74. The molecule has 1 atom stereocenters. The van der Waals surface area contributed by atoms with Crippen molar-refractivity contribution in [2.45, 2.75) is 19.9 Å². The summed E-state index contributed by atoms with van der Waals surface area (Å²) < 4.78 is 14.3. The van der Waals surface area contributed by atoms with E-state index in [4.69, 9.17) is 0 Å². The number of thiazole rings is 1. The lowest BCUT2D eigenvalue weighted by Gasteiger charge is -2.22. The second-order valence-corrected chi connectivity index (χ2v) is 9.46. The van der Waals surface area contributed by atoms with Crippen molar-refractivity contribution in [3.63, 3.8) is 0 Å². The van der Waals surface area contributed by atoms with Crippen LogP contribution in [0.1, 0.15) is 28.3 Å². The Kier molecular flexibility index (Phi) is 5.60. The van der Waals surface area contributed by atoms with Crippen LogP contribution in [0.4, 0.5) is 15.2 Å². The predicted molar refractivity (Wildman–Crippen MR) is 133 cm³/mol. The number of nitrogens with zero attached hydrogens (tertiary/aromatic N) is 3. The maximum Gasteiger partial charge on any atom is 0.301 e. The highest BCUT2D eigenvalue weighted by Crippen LogP contribution is 2.45. The van der Waals surface area contributed by atoms with E-state index in [1.54, 1.807) is 0 Å². The quantitative estimate of drug-likeness (QED) is 0.128. The molecule has 1 aliphatic rings. The number of hydrogen-bond acceptors (Lipinski definition) is 7. The molecule has 2 heterocycles. The van der Waals surface area contributed by atoms with Crippen LogP contribution in [0.3, 0.4) is 0 Å². The number of carbonyl (C=O) groups is 2. The molecule has 180 valence electrons. The molecule has 1 fully saturated rings. The number of rotatable bonds is 4. The van der Waals surface area contributed by atoms with Gasteiger partial charge in [-0.05, 0) is 73.0 Å². The number of hydrogen-bond donors (Lipinski definition) is 1. The molecule has 0 bridgehead atoms. The Labute approximate surface area is 208 Å². The fourth-order valence-corrected chi connectivity index (χ4v) is 5.52. The molecule has 1 saturated heterocycles. The number of aliphatic hydroxyl groups is 1. The number of amides is 1. The molecule has 0 spiro atoms. The van der Waals surface area contributed by atoms with Crippen LogP contribution < -0.4 is 4.90 Å². The number of aliphatic hydroxyl groups excluding tert-OH is 1. The summed E-state index contributed by atoms with van der Waals surface area (Å²) in [5, 5.41) is 22.5. The fraction of sp³-hybridized carbons (Fsp3) is 0.115. The summed E-state index contributed by atoms with van der Waals surface area (Å²) in [6.45, 7) is 3.84. The monoisotopic (exact) mass is 503 g/mol. The third kappa shape index (κ3) is 3.81. The summed E-state index contributed by atoms with van der Waals surface area (Å²) in [5.74, 6) is -2.84. The molecular weight excluding hydrogens is 485 g/mol. The number of anilines is 1. The first-order valence-corrected chi connectivity index (χ1v) is 11.7. The fourth-order valence-electron chi connectivity index (χ4n) is 4.35. The van der Waals surface area contributed by atoms with E-state index in [2.05, 4.69) is 4.98 Å². The molecule has 1 amide bonds. The van der Waals surface area contributed by atoms with Crippen molar-refractivity contribution < 1.29 is 24.0 Å². The van der Waals surface area contributed by atoms with Crippen LogP contribution in [0, 0.1) is 29.8 Å². The molecule has 3 aromatic carbocycles. The minimum atomic E-state index is -1.10. The van der Waals surface area contributed by atoms with Crippen LogP contribution in [0.15, 0.2) is 66.2 Å². The Morgan fingerprint density at radius 3 is 2.39 bits per heavy atom. The van der Waals surface area contributed by atoms with Gasteiger partial charge in [-0.1, -0.05) is 17.4 Å². The molecule has 1 aliphatic heterocycles. The molecule has 1 N–H and O–H groups in total. The van der Waals surface area contributed by atoms with E-state index < -0.39 is 34.2 Å². The smallest absolute Gasteiger partial charge is 0.301 e. The number of ketones is 1. The first kappa shape index (κ1) is 23.3. The lowest BCUT2D eigenvalue weighted by Crippen LogP contribution is -2.29. The summed E-state index contributed by atoms with van der Waals surface area (Å²) in [6, 6.07) is 13.0. The highest BCUT2D eigenvalue weighted by atomic mass is 32.1. The largest absolute Gasteiger partial charge is 0.507 e. The number of aromatic nitrogens is 1. The van der Waals surface area contributed by atoms with Crippen molar-refractivity contribution in [1.29, 1.82) is 0 Å². The van der Waals surface area contributed by atoms with Crippen LogP contribution >= 0.6 is 11.3 Å². The summed E-state index contributed by atoms with van der Waals surface area (Å²) in [7, 11) is 0. The van der Waals surface area contributed by atoms with Gasteiger partial charge >= 0.3 is 5.91 Å². The molecule has 1 aromatic heterocycles. The van der Waals surface area contributed by atoms with Gasteiger partial charge in [-0.15, -0.1) is 0 Å². The van der Waals surface area contributed by atoms with Gasteiger partial charge < -0.3 is 5.11 Å². The van der Waals surface area contributed by atoms with Gasteiger partial charge in [-0.2, -0.15) is 0 Å². The van der Waals surface area contributed by atoms with Gasteiger partial charge in [-0.25, -0.2) is 9.37 Å².